The van der Waals surface area contributed by atoms with E-state index in [-0.39, 0.29) is 0 Å². The lowest BCUT2D eigenvalue weighted by molar-refractivity contribution is 0.0424. The zero-order valence-electron chi connectivity index (χ0n) is 12.9. The van der Waals surface area contributed by atoms with Gasteiger partial charge in [-0.15, -0.1) is 0 Å². The van der Waals surface area contributed by atoms with Gasteiger partial charge in [0.2, 0.25) is 0 Å². The van der Waals surface area contributed by atoms with E-state index in [0.717, 1.165) is 25.2 Å². The van der Waals surface area contributed by atoms with E-state index in [9.17, 15) is 0 Å². The third-order valence-corrected chi connectivity index (χ3v) is 5.28. The van der Waals surface area contributed by atoms with E-state index in [1.807, 2.05) is 6.26 Å². The molecular weight excluding hydrogens is 262 g/mol. The van der Waals surface area contributed by atoms with Crippen molar-refractivity contribution in [3.05, 3.63) is 23.7 Å². The van der Waals surface area contributed by atoms with Gasteiger partial charge in [-0.2, -0.15) is 0 Å². The predicted molar refractivity (Wildman–Crippen MR) is 83.1 cm³/mol. The number of piperazine rings is 1. The molecule has 1 N–H and O–H groups in total. The van der Waals surface area contributed by atoms with Crippen molar-refractivity contribution in [1.29, 1.82) is 0 Å². The maximum absolute atomic E-state index is 5.76. The molecule has 2 aliphatic heterocycles. The Labute approximate surface area is 127 Å². The maximum Gasteiger partial charge on any atom is 0.122 e. The molecule has 3 fully saturated rings. The SMILES string of the molecule is c1cc(CNC2CC2)c(CN2CCN3CCCCC3C2)o1. The van der Waals surface area contributed by atoms with Gasteiger partial charge in [0.25, 0.3) is 0 Å². The third-order valence-electron chi connectivity index (χ3n) is 5.28. The molecule has 0 spiro atoms. The van der Waals surface area contributed by atoms with Gasteiger partial charge < -0.3 is 9.73 Å². The molecule has 2 saturated heterocycles. The Morgan fingerprint density at radius 1 is 1.14 bits per heavy atom. The summed E-state index contributed by atoms with van der Waals surface area (Å²) in [6.07, 6.45) is 8.73. The second-order valence-corrected chi connectivity index (χ2v) is 6.94. The topological polar surface area (TPSA) is 31.6 Å². The summed E-state index contributed by atoms with van der Waals surface area (Å²) < 4.78 is 5.76. The molecule has 1 aromatic heterocycles. The molecule has 1 unspecified atom stereocenters. The lowest BCUT2D eigenvalue weighted by Crippen LogP contribution is -2.54. The lowest BCUT2D eigenvalue weighted by atomic mass is 9.99. The Bertz CT molecular complexity index is 468. The van der Waals surface area contributed by atoms with Crippen molar-refractivity contribution < 1.29 is 4.42 Å². The summed E-state index contributed by atoms with van der Waals surface area (Å²) in [6, 6.07) is 3.69. The van der Waals surface area contributed by atoms with E-state index >= 15 is 0 Å². The smallest absolute Gasteiger partial charge is 0.122 e. The van der Waals surface area contributed by atoms with Crippen LogP contribution in [0.2, 0.25) is 0 Å². The molecule has 4 heteroatoms. The van der Waals surface area contributed by atoms with Gasteiger partial charge in [-0.3, -0.25) is 9.80 Å². The highest BCUT2D eigenvalue weighted by molar-refractivity contribution is 5.17. The van der Waals surface area contributed by atoms with Gasteiger partial charge in [-0.1, -0.05) is 6.42 Å². The highest BCUT2D eigenvalue weighted by Crippen LogP contribution is 2.24. The van der Waals surface area contributed by atoms with Crippen LogP contribution in [-0.4, -0.2) is 48.1 Å². The summed E-state index contributed by atoms with van der Waals surface area (Å²) in [6.45, 7) is 6.92. The van der Waals surface area contributed by atoms with E-state index in [1.54, 1.807) is 0 Å². The van der Waals surface area contributed by atoms with Crippen molar-refractivity contribution in [2.45, 2.75) is 57.3 Å². The molecule has 1 aliphatic carbocycles. The molecule has 0 amide bonds. The van der Waals surface area contributed by atoms with Crippen LogP contribution in [0.1, 0.15) is 43.4 Å². The van der Waals surface area contributed by atoms with Crippen LogP contribution < -0.4 is 5.32 Å². The monoisotopic (exact) mass is 289 g/mol. The molecular formula is C17H27N3O. The van der Waals surface area contributed by atoms with Gasteiger partial charge >= 0.3 is 0 Å². The number of hydrogen-bond donors (Lipinski definition) is 1. The Balaban J connectivity index is 1.34. The maximum atomic E-state index is 5.76. The minimum atomic E-state index is 0.763. The molecule has 3 aliphatic rings. The largest absolute Gasteiger partial charge is 0.468 e. The predicted octanol–water partition coefficient (Wildman–Crippen LogP) is 2.20. The van der Waals surface area contributed by atoms with Crippen LogP contribution in [0, 0.1) is 0 Å². The van der Waals surface area contributed by atoms with Crippen LogP contribution in [-0.2, 0) is 13.1 Å². The van der Waals surface area contributed by atoms with Crippen molar-refractivity contribution in [3.63, 3.8) is 0 Å². The van der Waals surface area contributed by atoms with E-state index in [2.05, 4.69) is 21.2 Å². The second kappa shape index (κ2) is 6.11. The number of nitrogens with one attached hydrogen (secondary N) is 1. The van der Waals surface area contributed by atoms with Gasteiger partial charge in [-0.05, 0) is 38.3 Å². The molecule has 0 bridgehead atoms. The fourth-order valence-electron chi connectivity index (χ4n) is 3.77. The molecule has 0 aromatic carbocycles. The number of furan rings is 1. The lowest BCUT2D eigenvalue weighted by Gasteiger charge is -2.43. The summed E-state index contributed by atoms with van der Waals surface area (Å²) >= 11 is 0. The number of fused-ring (bicyclic) bond motifs is 1. The number of piperidine rings is 1. The molecule has 4 rings (SSSR count). The first-order valence-electron chi connectivity index (χ1n) is 8.63. The van der Waals surface area contributed by atoms with Crippen molar-refractivity contribution in [2.75, 3.05) is 26.2 Å². The standard InChI is InChI=1S/C17H27N3O/c1-2-7-20-9-8-19(12-16(20)3-1)13-17-14(6-10-21-17)11-18-15-4-5-15/h6,10,15-16,18H,1-5,7-9,11-13H2. The Hall–Kier alpha value is -0.840. The number of hydrogen-bond acceptors (Lipinski definition) is 4. The van der Waals surface area contributed by atoms with Crippen LogP contribution >= 0.6 is 0 Å². The minimum Gasteiger partial charge on any atom is -0.468 e. The Morgan fingerprint density at radius 3 is 3.00 bits per heavy atom. The average molecular weight is 289 g/mol. The molecule has 4 nitrogen and oxygen atoms in total. The van der Waals surface area contributed by atoms with Crippen molar-refractivity contribution >= 4 is 0 Å². The summed E-state index contributed by atoms with van der Waals surface area (Å²) in [4.78, 5) is 5.28. The molecule has 1 aromatic rings. The molecule has 3 heterocycles. The molecule has 21 heavy (non-hydrogen) atoms. The van der Waals surface area contributed by atoms with Crippen LogP contribution in [0.25, 0.3) is 0 Å². The summed E-state index contributed by atoms with van der Waals surface area (Å²) in [5.74, 6) is 1.17. The Kier molecular flexibility index (Phi) is 4.01. The van der Waals surface area contributed by atoms with Crippen LogP contribution in [0.15, 0.2) is 16.7 Å². The molecule has 1 saturated carbocycles. The quantitative estimate of drug-likeness (QED) is 0.900. The molecule has 0 radical (unpaired) electrons. The van der Waals surface area contributed by atoms with E-state index in [4.69, 9.17) is 4.42 Å². The zero-order chi connectivity index (χ0) is 14.1. The van der Waals surface area contributed by atoms with Crippen molar-refractivity contribution in [2.24, 2.45) is 0 Å². The second-order valence-electron chi connectivity index (χ2n) is 6.94. The first-order valence-corrected chi connectivity index (χ1v) is 8.63. The summed E-state index contributed by atoms with van der Waals surface area (Å²) in [5, 5.41) is 3.60. The fraction of sp³-hybridized carbons (Fsp3) is 0.765. The highest BCUT2D eigenvalue weighted by Gasteiger charge is 2.29. The molecule has 1 atom stereocenters. The summed E-state index contributed by atoms with van der Waals surface area (Å²) in [7, 11) is 0. The van der Waals surface area contributed by atoms with E-state index in [0.29, 0.717) is 0 Å². The van der Waals surface area contributed by atoms with Crippen molar-refractivity contribution in [1.82, 2.24) is 15.1 Å². The first kappa shape index (κ1) is 13.8. The first-order chi connectivity index (χ1) is 10.4. The van der Waals surface area contributed by atoms with Crippen LogP contribution in [0.4, 0.5) is 0 Å². The fourth-order valence-corrected chi connectivity index (χ4v) is 3.77. The molecule has 116 valence electrons. The van der Waals surface area contributed by atoms with Gasteiger partial charge in [-0.25, -0.2) is 0 Å². The highest BCUT2D eigenvalue weighted by atomic mass is 16.3. The van der Waals surface area contributed by atoms with Crippen molar-refractivity contribution in [3.8, 4) is 0 Å². The summed E-state index contributed by atoms with van der Waals surface area (Å²) in [5.41, 5.74) is 1.35. The van der Waals surface area contributed by atoms with Gasteiger partial charge in [0.1, 0.15) is 5.76 Å². The van der Waals surface area contributed by atoms with Crippen LogP contribution in [0.5, 0.6) is 0 Å². The zero-order valence-corrected chi connectivity index (χ0v) is 12.9. The minimum absolute atomic E-state index is 0.763. The number of nitrogens with zero attached hydrogens (tertiary/aromatic N) is 2. The van der Waals surface area contributed by atoms with Gasteiger partial charge in [0.15, 0.2) is 0 Å². The van der Waals surface area contributed by atoms with Gasteiger partial charge in [0.05, 0.1) is 12.8 Å². The average Bonchev–Trinajstić information content (AvgIpc) is 3.25. The van der Waals surface area contributed by atoms with E-state index < -0.39 is 0 Å². The normalized spacial score (nSPS) is 27.7. The number of rotatable bonds is 5. The van der Waals surface area contributed by atoms with Crippen LogP contribution in [0.3, 0.4) is 0 Å². The third kappa shape index (κ3) is 3.33. The van der Waals surface area contributed by atoms with E-state index in [1.165, 1.54) is 69.6 Å². The van der Waals surface area contributed by atoms with Gasteiger partial charge in [0, 0.05) is 43.8 Å². The Morgan fingerprint density at radius 2 is 2.10 bits per heavy atom.